The number of hydrogen-bond donors (Lipinski definition) is 1. The highest BCUT2D eigenvalue weighted by atomic mass is 32.3. The Kier molecular flexibility index (Phi) is 4.28. The van der Waals surface area contributed by atoms with Crippen molar-refractivity contribution in [3.63, 3.8) is 0 Å². The van der Waals surface area contributed by atoms with Crippen LogP contribution in [0.3, 0.4) is 0 Å². The lowest BCUT2D eigenvalue weighted by Gasteiger charge is -2.40. The van der Waals surface area contributed by atoms with E-state index in [1.807, 2.05) is 23.5 Å². The summed E-state index contributed by atoms with van der Waals surface area (Å²) in [4.78, 5) is 1.53. The first-order chi connectivity index (χ1) is 12.4. The molecule has 1 aromatic heterocycles. The number of nitrogens with one attached hydrogen (secondary N) is 1. The Morgan fingerprint density at radius 2 is 1.69 bits per heavy atom. The van der Waals surface area contributed by atoms with E-state index < -0.39 is 10.2 Å². The molecule has 1 atom stereocenters. The number of methoxy groups -OCH3 is 1. The second-order valence-electron chi connectivity index (χ2n) is 7.26. The number of rotatable bonds is 4. The first-order valence-electron chi connectivity index (χ1n) is 8.75. The van der Waals surface area contributed by atoms with Gasteiger partial charge in [-0.1, -0.05) is 23.8 Å². The molecule has 1 N–H and O–H groups in total. The minimum Gasteiger partial charge on any atom is -0.497 e. The van der Waals surface area contributed by atoms with Crippen LogP contribution >= 0.6 is 21.6 Å². The molecule has 1 aliphatic carbocycles. The number of allylic oxidation sites excluding steroid dienone is 1. The maximum Gasteiger partial charge on any atom is 0.119 e. The first-order valence-corrected chi connectivity index (χ1v) is 12.1. The summed E-state index contributed by atoms with van der Waals surface area (Å²) in [6, 6.07) is 17.1. The molecular formula is C22H25NOS2. The molecular weight excluding hydrogens is 358 g/mol. The van der Waals surface area contributed by atoms with Gasteiger partial charge in [0, 0.05) is 26.2 Å². The van der Waals surface area contributed by atoms with Crippen LogP contribution in [0.4, 0.5) is 5.69 Å². The first kappa shape index (κ1) is 17.5. The molecule has 0 fully saturated rings. The quantitative estimate of drug-likeness (QED) is 0.532. The molecule has 4 rings (SSSR count). The van der Waals surface area contributed by atoms with Crippen LogP contribution in [0.15, 0.2) is 54.1 Å². The lowest BCUT2D eigenvalue weighted by atomic mass is 10.1. The molecule has 0 bridgehead atoms. The van der Waals surface area contributed by atoms with Gasteiger partial charge < -0.3 is 9.46 Å². The van der Waals surface area contributed by atoms with E-state index in [-0.39, 0.29) is 0 Å². The standard InChI is InChI=1S/C22H25NOS2/c1-14-15(2)22(21-20(14)18-8-6-7-9-19(18)25-21)26(4,5)23-16-10-12-17(24-3)13-11-16/h6-13,22-23H,1-5H3. The maximum atomic E-state index is 5.28. The highest BCUT2D eigenvalue weighted by Gasteiger charge is 2.37. The summed E-state index contributed by atoms with van der Waals surface area (Å²) in [5.74, 6) is 0.892. The molecule has 0 saturated carbocycles. The van der Waals surface area contributed by atoms with Gasteiger partial charge in [0.05, 0.1) is 12.4 Å². The van der Waals surface area contributed by atoms with E-state index >= 15 is 0 Å². The van der Waals surface area contributed by atoms with Crippen molar-refractivity contribution in [3.05, 3.63) is 64.5 Å². The van der Waals surface area contributed by atoms with Gasteiger partial charge in [-0.25, -0.2) is 0 Å². The number of fused-ring (bicyclic) bond motifs is 3. The number of thiophene rings is 1. The van der Waals surface area contributed by atoms with Crippen molar-refractivity contribution >= 4 is 42.9 Å². The molecule has 0 spiro atoms. The predicted octanol–water partition coefficient (Wildman–Crippen LogP) is 6.85. The van der Waals surface area contributed by atoms with Crippen LogP contribution in [0.1, 0.15) is 29.5 Å². The normalized spacial score (nSPS) is 17.5. The van der Waals surface area contributed by atoms with Crippen molar-refractivity contribution in [3.8, 4) is 5.75 Å². The van der Waals surface area contributed by atoms with Crippen LogP contribution in [0.5, 0.6) is 5.75 Å². The Morgan fingerprint density at radius 3 is 2.38 bits per heavy atom. The summed E-state index contributed by atoms with van der Waals surface area (Å²) in [6.07, 6.45) is 4.77. The SMILES string of the molecule is COc1ccc(NS(C)(C)C2C(C)=C(C)c3c2sc2ccccc32)cc1. The van der Waals surface area contributed by atoms with E-state index in [0.717, 1.165) is 11.4 Å². The largest absolute Gasteiger partial charge is 0.497 e. The van der Waals surface area contributed by atoms with E-state index in [1.54, 1.807) is 7.11 Å². The van der Waals surface area contributed by atoms with Crippen molar-refractivity contribution in [1.29, 1.82) is 0 Å². The zero-order valence-electron chi connectivity index (χ0n) is 15.9. The van der Waals surface area contributed by atoms with E-state index in [0.29, 0.717) is 5.25 Å². The van der Waals surface area contributed by atoms with Crippen molar-refractivity contribution in [2.45, 2.75) is 19.1 Å². The third-order valence-electron chi connectivity index (χ3n) is 5.28. The highest BCUT2D eigenvalue weighted by Crippen LogP contribution is 2.64. The maximum absolute atomic E-state index is 5.28. The summed E-state index contributed by atoms with van der Waals surface area (Å²) in [5, 5.41) is 1.86. The van der Waals surface area contributed by atoms with E-state index in [2.05, 4.69) is 67.5 Å². The molecule has 1 heterocycles. The fourth-order valence-corrected chi connectivity index (χ4v) is 8.71. The van der Waals surface area contributed by atoms with Crippen LogP contribution < -0.4 is 9.46 Å². The van der Waals surface area contributed by atoms with E-state index in [1.165, 1.54) is 31.7 Å². The molecule has 0 radical (unpaired) electrons. The average molecular weight is 384 g/mol. The summed E-state index contributed by atoms with van der Waals surface area (Å²) in [5.41, 5.74) is 5.61. The average Bonchev–Trinajstić information content (AvgIpc) is 3.10. The Morgan fingerprint density at radius 1 is 1.00 bits per heavy atom. The number of ether oxygens (including phenoxy) is 1. The third-order valence-corrected chi connectivity index (χ3v) is 9.20. The predicted molar refractivity (Wildman–Crippen MR) is 119 cm³/mol. The zero-order valence-corrected chi connectivity index (χ0v) is 17.6. The van der Waals surface area contributed by atoms with Crippen molar-refractivity contribution in [2.24, 2.45) is 0 Å². The minimum atomic E-state index is -1.11. The summed E-state index contributed by atoms with van der Waals surface area (Å²) in [6.45, 7) is 4.60. The Balaban J connectivity index is 1.75. The number of benzene rings is 2. The molecule has 1 unspecified atom stereocenters. The lowest BCUT2D eigenvalue weighted by Crippen LogP contribution is -2.15. The molecule has 2 nitrogen and oxygen atoms in total. The van der Waals surface area contributed by atoms with Crippen molar-refractivity contribution in [2.75, 3.05) is 24.3 Å². The van der Waals surface area contributed by atoms with Gasteiger partial charge in [0.15, 0.2) is 0 Å². The van der Waals surface area contributed by atoms with Crippen molar-refractivity contribution < 1.29 is 4.74 Å². The van der Waals surface area contributed by atoms with Gasteiger partial charge in [0.25, 0.3) is 0 Å². The van der Waals surface area contributed by atoms with Gasteiger partial charge in [-0.2, -0.15) is 10.2 Å². The van der Waals surface area contributed by atoms with Crippen LogP contribution in [-0.4, -0.2) is 19.6 Å². The summed E-state index contributed by atoms with van der Waals surface area (Å²) >= 11 is 1.96. The fourth-order valence-electron chi connectivity index (χ4n) is 3.96. The fraction of sp³-hybridized carbons (Fsp3) is 0.273. The molecule has 4 heteroatoms. The van der Waals surface area contributed by atoms with Gasteiger partial charge in [-0.3, -0.25) is 0 Å². The molecule has 0 saturated heterocycles. The summed E-state index contributed by atoms with van der Waals surface area (Å²) in [7, 11) is 0.590. The summed E-state index contributed by atoms with van der Waals surface area (Å²) < 4.78 is 10.5. The minimum absolute atomic E-state index is 0.456. The zero-order chi connectivity index (χ0) is 18.5. The van der Waals surface area contributed by atoms with E-state index in [9.17, 15) is 0 Å². The van der Waals surface area contributed by atoms with Crippen LogP contribution in [-0.2, 0) is 0 Å². The number of anilines is 1. The van der Waals surface area contributed by atoms with Gasteiger partial charge in [-0.15, -0.1) is 11.3 Å². The third kappa shape index (κ3) is 2.72. The lowest BCUT2D eigenvalue weighted by molar-refractivity contribution is 0.415. The second-order valence-corrected chi connectivity index (χ2v) is 11.8. The van der Waals surface area contributed by atoms with Gasteiger partial charge in [0.1, 0.15) is 5.75 Å². The number of hydrogen-bond acceptors (Lipinski definition) is 3. The molecule has 26 heavy (non-hydrogen) atoms. The Bertz CT molecular complexity index is 999. The van der Waals surface area contributed by atoms with Gasteiger partial charge >= 0.3 is 0 Å². The molecule has 1 aliphatic rings. The molecule has 3 aromatic rings. The molecule has 0 amide bonds. The smallest absolute Gasteiger partial charge is 0.119 e. The van der Waals surface area contributed by atoms with Crippen molar-refractivity contribution in [1.82, 2.24) is 0 Å². The molecule has 0 aliphatic heterocycles. The van der Waals surface area contributed by atoms with Gasteiger partial charge in [0.2, 0.25) is 0 Å². The highest BCUT2D eigenvalue weighted by molar-refractivity contribution is 8.34. The molecule has 2 aromatic carbocycles. The van der Waals surface area contributed by atoms with E-state index in [4.69, 9.17) is 4.74 Å². The molecule has 136 valence electrons. The topological polar surface area (TPSA) is 21.3 Å². The second kappa shape index (κ2) is 6.36. The van der Waals surface area contributed by atoms with Crippen LogP contribution in [0.2, 0.25) is 0 Å². The van der Waals surface area contributed by atoms with Crippen LogP contribution in [0.25, 0.3) is 15.7 Å². The Hall–Kier alpha value is -1.91. The Labute approximate surface area is 161 Å². The van der Waals surface area contributed by atoms with Crippen LogP contribution in [0, 0.1) is 0 Å². The van der Waals surface area contributed by atoms with Gasteiger partial charge in [-0.05, 0) is 62.3 Å². The monoisotopic (exact) mass is 383 g/mol.